The van der Waals surface area contributed by atoms with Crippen molar-refractivity contribution in [1.29, 1.82) is 0 Å². The number of halogens is 2. The van der Waals surface area contributed by atoms with Crippen LogP contribution >= 0.6 is 23.2 Å². The monoisotopic (exact) mass is 371 g/mol. The third-order valence-electron chi connectivity index (χ3n) is 4.14. The fourth-order valence-electron chi connectivity index (χ4n) is 2.72. The van der Waals surface area contributed by atoms with Crippen LogP contribution in [0.25, 0.3) is 0 Å². The summed E-state index contributed by atoms with van der Waals surface area (Å²) in [5, 5.41) is 7.94. The third kappa shape index (κ3) is 6.13. The van der Waals surface area contributed by atoms with Crippen LogP contribution in [-0.4, -0.2) is 50.1 Å². The van der Waals surface area contributed by atoms with E-state index in [2.05, 4.69) is 20.5 Å². The van der Waals surface area contributed by atoms with Gasteiger partial charge < -0.3 is 21.3 Å². The van der Waals surface area contributed by atoms with Crippen molar-refractivity contribution in [2.75, 3.05) is 32.5 Å². The van der Waals surface area contributed by atoms with E-state index in [1.165, 1.54) is 12.8 Å². The van der Waals surface area contributed by atoms with Gasteiger partial charge in [-0.3, -0.25) is 4.99 Å². The number of aliphatic imine (C=N–C) groups is 1. The summed E-state index contributed by atoms with van der Waals surface area (Å²) in [4.78, 5) is 6.76. The Balaban J connectivity index is 2.09. The fraction of sp³-hybridized carbons (Fsp3) is 0.588. The lowest BCUT2D eigenvalue weighted by Crippen LogP contribution is -2.51. The molecule has 0 bridgehead atoms. The molecule has 0 amide bonds. The van der Waals surface area contributed by atoms with E-state index >= 15 is 0 Å². The molecule has 0 unspecified atom stereocenters. The molecule has 134 valence electrons. The number of rotatable bonds is 5. The highest BCUT2D eigenvalue weighted by molar-refractivity contribution is 6.36. The second-order valence-electron chi connectivity index (χ2n) is 6.48. The number of nitrogens with zero attached hydrogens (tertiary/aromatic N) is 2. The summed E-state index contributed by atoms with van der Waals surface area (Å²) in [6.07, 6.45) is 4.50. The molecule has 7 heteroatoms. The number of hydrogen-bond acceptors (Lipinski definition) is 3. The Morgan fingerprint density at radius 1 is 1.29 bits per heavy atom. The average molecular weight is 372 g/mol. The minimum absolute atomic E-state index is 0.153. The summed E-state index contributed by atoms with van der Waals surface area (Å²) in [6.45, 7) is 1.56. The minimum atomic E-state index is 0.153. The van der Waals surface area contributed by atoms with Gasteiger partial charge in [0.05, 0.1) is 17.3 Å². The lowest BCUT2D eigenvalue weighted by molar-refractivity contribution is 0.359. The van der Waals surface area contributed by atoms with E-state index in [1.54, 1.807) is 12.1 Å². The predicted octanol–water partition coefficient (Wildman–Crippen LogP) is 3.18. The zero-order valence-electron chi connectivity index (χ0n) is 14.4. The maximum absolute atomic E-state index is 6.27. The van der Waals surface area contributed by atoms with Crippen LogP contribution < -0.4 is 16.4 Å². The Hall–Kier alpha value is -1.01. The molecule has 0 aromatic heterocycles. The molecule has 0 saturated heterocycles. The number of hydrogen-bond donors (Lipinski definition) is 3. The SMILES string of the molecule is CN(C)CCN=C(Nc1ccc(Cl)cc1Cl)N[C@H]1CCCC[C@@H]1N. The van der Waals surface area contributed by atoms with E-state index in [1.807, 2.05) is 20.2 Å². The number of guanidine groups is 1. The van der Waals surface area contributed by atoms with Crippen molar-refractivity contribution in [2.24, 2.45) is 10.7 Å². The van der Waals surface area contributed by atoms with E-state index in [-0.39, 0.29) is 12.1 Å². The molecule has 24 heavy (non-hydrogen) atoms. The number of nitrogens with two attached hydrogens (primary N) is 1. The predicted molar refractivity (Wildman–Crippen MR) is 104 cm³/mol. The maximum atomic E-state index is 6.27. The summed E-state index contributed by atoms with van der Waals surface area (Å²) >= 11 is 12.2. The molecular formula is C17H27Cl2N5. The van der Waals surface area contributed by atoms with Gasteiger partial charge >= 0.3 is 0 Å². The number of anilines is 1. The Morgan fingerprint density at radius 3 is 2.71 bits per heavy atom. The molecule has 1 aliphatic carbocycles. The second kappa shape index (κ2) is 9.47. The van der Waals surface area contributed by atoms with Crippen LogP contribution in [-0.2, 0) is 0 Å². The van der Waals surface area contributed by atoms with Gasteiger partial charge in [0.25, 0.3) is 0 Å². The molecule has 1 aliphatic rings. The third-order valence-corrected chi connectivity index (χ3v) is 4.69. The second-order valence-corrected chi connectivity index (χ2v) is 7.33. The Kier molecular flexibility index (Phi) is 7.62. The molecule has 2 rings (SSSR count). The summed E-state index contributed by atoms with van der Waals surface area (Å²) in [5.41, 5.74) is 7.03. The van der Waals surface area contributed by atoms with Gasteiger partial charge in [-0.1, -0.05) is 36.0 Å². The van der Waals surface area contributed by atoms with Crippen LogP contribution in [0.2, 0.25) is 10.0 Å². The van der Waals surface area contributed by atoms with Gasteiger partial charge in [-0.25, -0.2) is 0 Å². The molecule has 0 spiro atoms. The normalized spacial score (nSPS) is 21.8. The molecule has 1 aromatic rings. The molecule has 1 saturated carbocycles. The zero-order chi connectivity index (χ0) is 17.5. The lowest BCUT2D eigenvalue weighted by atomic mass is 9.91. The molecule has 0 heterocycles. The van der Waals surface area contributed by atoms with Crippen LogP contribution in [0.4, 0.5) is 5.69 Å². The number of benzene rings is 1. The van der Waals surface area contributed by atoms with E-state index in [0.29, 0.717) is 22.5 Å². The molecule has 0 radical (unpaired) electrons. The van der Waals surface area contributed by atoms with Gasteiger partial charge in [-0.15, -0.1) is 0 Å². The first-order valence-corrected chi connectivity index (χ1v) is 9.14. The largest absolute Gasteiger partial charge is 0.352 e. The smallest absolute Gasteiger partial charge is 0.196 e. The summed E-state index contributed by atoms with van der Waals surface area (Å²) in [7, 11) is 4.06. The summed E-state index contributed by atoms with van der Waals surface area (Å²) in [6, 6.07) is 5.76. The Labute approximate surface area is 154 Å². The van der Waals surface area contributed by atoms with Crippen molar-refractivity contribution >= 4 is 34.8 Å². The van der Waals surface area contributed by atoms with Gasteiger partial charge in [0.15, 0.2) is 5.96 Å². The van der Waals surface area contributed by atoms with Crippen LogP contribution in [0, 0.1) is 0 Å². The zero-order valence-corrected chi connectivity index (χ0v) is 15.9. The topological polar surface area (TPSA) is 65.7 Å². The molecular weight excluding hydrogens is 345 g/mol. The van der Waals surface area contributed by atoms with Crippen molar-refractivity contribution in [3.63, 3.8) is 0 Å². The minimum Gasteiger partial charge on any atom is -0.352 e. The van der Waals surface area contributed by atoms with Crippen LogP contribution in [0.5, 0.6) is 0 Å². The Bertz CT molecular complexity index is 562. The highest BCUT2D eigenvalue weighted by Gasteiger charge is 2.22. The van der Waals surface area contributed by atoms with Crippen LogP contribution in [0.3, 0.4) is 0 Å². The Morgan fingerprint density at radius 2 is 2.04 bits per heavy atom. The molecule has 1 fully saturated rings. The molecule has 0 aliphatic heterocycles. The molecule has 1 aromatic carbocycles. The lowest BCUT2D eigenvalue weighted by Gasteiger charge is -2.30. The molecule has 5 nitrogen and oxygen atoms in total. The first-order chi connectivity index (χ1) is 11.5. The van der Waals surface area contributed by atoms with Crippen molar-refractivity contribution < 1.29 is 0 Å². The summed E-state index contributed by atoms with van der Waals surface area (Å²) in [5.74, 6) is 0.712. The number of nitrogens with one attached hydrogen (secondary N) is 2. The average Bonchev–Trinajstić information content (AvgIpc) is 2.51. The molecule has 2 atom stereocenters. The van der Waals surface area contributed by atoms with Crippen LogP contribution in [0.15, 0.2) is 23.2 Å². The maximum Gasteiger partial charge on any atom is 0.196 e. The van der Waals surface area contributed by atoms with E-state index in [9.17, 15) is 0 Å². The first-order valence-electron chi connectivity index (χ1n) is 8.39. The standard InChI is InChI=1S/C17H27Cl2N5/c1-24(2)10-9-21-17(23-16-6-4-3-5-14(16)20)22-15-8-7-12(18)11-13(15)19/h7-8,11,14,16H,3-6,9-10,20H2,1-2H3,(H2,21,22,23)/t14-,16-/m0/s1. The summed E-state index contributed by atoms with van der Waals surface area (Å²) < 4.78 is 0. The van der Waals surface area contributed by atoms with Gasteiger partial charge in [0, 0.05) is 23.7 Å². The quantitative estimate of drug-likeness (QED) is 0.549. The van der Waals surface area contributed by atoms with Gasteiger partial charge in [-0.2, -0.15) is 0 Å². The fourth-order valence-corrected chi connectivity index (χ4v) is 3.17. The van der Waals surface area contributed by atoms with E-state index in [0.717, 1.165) is 25.1 Å². The van der Waals surface area contributed by atoms with E-state index in [4.69, 9.17) is 28.9 Å². The molecule has 4 N–H and O–H groups in total. The highest BCUT2D eigenvalue weighted by atomic mass is 35.5. The van der Waals surface area contributed by atoms with Gasteiger partial charge in [0.1, 0.15) is 0 Å². The first kappa shape index (κ1) is 19.3. The highest BCUT2D eigenvalue weighted by Crippen LogP contribution is 2.25. The van der Waals surface area contributed by atoms with Crippen molar-refractivity contribution in [3.8, 4) is 0 Å². The van der Waals surface area contributed by atoms with Gasteiger partial charge in [-0.05, 0) is 45.1 Å². The van der Waals surface area contributed by atoms with E-state index < -0.39 is 0 Å². The van der Waals surface area contributed by atoms with Crippen molar-refractivity contribution in [2.45, 2.75) is 37.8 Å². The van der Waals surface area contributed by atoms with Gasteiger partial charge in [0.2, 0.25) is 0 Å². The number of likely N-dealkylation sites (N-methyl/N-ethyl adjacent to an activating group) is 1. The van der Waals surface area contributed by atoms with Crippen molar-refractivity contribution in [3.05, 3.63) is 28.2 Å². The van der Waals surface area contributed by atoms with Crippen molar-refractivity contribution in [1.82, 2.24) is 10.2 Å². The van der Waals surface area contributed by atoms with Crippen LogP contribution in [0.1, 0.15) is 25.7 Å².